The number of Topliss-reactive ketones (excluding diaryl/α,β-unsaturated/α-hetero) is 1. The molecule has 0 bridgehead atoms. The predicted octanol–water partition coefficient (Wildman–Crippen LogP) is -0.124. The first kappa shape index (κ1) is 17.5. The molecule has 8 nitrogen and oxygen atoms in total. The van der Waals surface area contributed by atoms with Crippen molar-refractivity contribution >= 4 is 27.6 Å². The fourth-order valence-corrected chi connectivity index (χ4v) is 1.17. The van der Waals surface area contributed by atoms with Crippen molar-refractivity contribution in [3.63, 3.8) is 0 Å². The zero-order valence-corrected chi connectivity index (χ0v) is 12.2. The minimum Gasteiger partial charge on any atom is -0.455 e. The number of hydrogen-bond acceptors (Lipinski definition) is 8. The Kier molecular flexibility index (Phi) is 6.10. The summed E-state index contributed by atoms with van der Waals surface area (Å²) in [5.41, 5.74) is -1.50. The Morgan fingerprint density at radius 3 is 2.11 bits per heavy atom. The molecular formula is C10H17NO7S. The van der Waals surface area contributed by atoms with Gasteiger partial charge in [0.1, 0.15) is 19.3 Å². The standard InChI is InChI=1S/C10H17NO7S/c1-10(2,3)18-9(13)8(11-16-4)7(12)6-17-19(5,14)15/h6H2,1-5H3/b11-8-. The Morgan fingerprint density at radius 2 is 1.74 bits per heavy atom. The summed E-state index contributed by atoms with van der Waals surface area (Å²) in [6, 6.07) is 0. The van der Waals surface area contributed by atoms with Gasteiger partial charge in [0.15, 0.2) is 0 Å². The molecule has 0 aliphatic heterocycles. The molecule has 110 valence electrons. The number of esters is 1. The van der Waals surface area contributed by atoms with E-state index in [1.165, 1.54) is 0 Å². The number of carbonyl (C=O) groups is 2. The maximum Gasteiger partial charge on any atom is 0.364 e. The molecule has 0 aliphatic carbocycles. The lowest BCUT2D eigenvalue weighted by atomic mass is 10.2. The lowest BCUT2D eigenvalue weighted by Crippen LogP contribution is -2.35. The first-order valence-electron chi connectivity index (χ1n) is 5.18. The van der Waals surface area contributed by atoms with Crippen LogP contribution in [0.4, 0.5) is 0 Å². The summed E-state index contributed by atoms with van der Waals surface area (Å²) in [6.45, 7) is 3.96. The van der Waals surface area contributed by atoms with Crippen LogP contribution in [0.15, 0.2) is 5.16 Å². The molecule has 0 N–H and O–H groups in total. The summed E-state index contributed by atoms with van der Waals surface area (Å²) in [4.78, 5) is 27.6. The first-order valence-corrected chi connectivity index (χ1v) is 7.00. The average Bonchev–Trinajstić information content (AvgIpc) is 2.18. The quantitative estimate of drug-likeness (QED) is 0.221. The third-order valence-electron chi connectivity index (χ3n) is 1.44. The summed E-state index contributed by atoms with van der Waals surface area (Å²) in [5, 5.41) is 3.23. The largest absolute Gasteiger partial charge is 0.455 e. The highest BCUT2D eigenvalue weighted by molar-refractivity contribution is 7.86. The Labute approximate surface area is 111 Å². The van der Waals surface area contributed by atoms with Gasteiger partial charge in [0.25, 0.3) is 10.1 Å². The highest BCUT2D eigenvalue weighted by atomic mass is 32.2. The van der Waals surface area contributed by atoms with Gasteiger partial charge < -0.3 is 9.57 Å². The van der Waals surface area contributed by atoms with E-state index < -0.39 is 39.8 Å². The first-order chi connectivity index (χ1) is 8.46. The Balaban J connectivity index is 4.89. The van der Waals surface area contributed by atoms with Gasteiger partial charge in [0.2, 0.25) is 11.5 Å². The van der Waals surface area contributed by atoms with Crippen molar-refractivity contribution < 1.29 is 31.8 Å². The van der Waals surface area contributed by atoms with Crippen LogP contribution in [-0.4, -0.2) is 51.5 Å². The number of hydrogen-bond donors (Lipinski definition) is 0. The van der Waals surface area contributed by atoms with E-state index in [-0.39, 0.29) is 0 Å². The number of ketones is 1. The molecule has 0 aromatic rings. The molecule has 0 heterocycles. The molecule has 0 aromatic heterocycles. The zero-order valence-electron chi connectivity index (χ0n) is 11.4. The van der Waals surface area contributed by atoms with Crippen molar-refractivity contribution in [1.29, 1.82) is 0 Å². The highest BCUT2D eigenvalue weighted by Crippen LogP contribution is 2.08. The van der Waals surface area contributed by atoms with Gasteiger partial charge in [-0.05, 0) is 20.8 Å². The van der Waals surface area contributed by atoms with Crippen LogP contribution in [0.3, 0.4) is 0 Å². The summed E-state index contributed by atoms with van der Waals surface area (Å²) in [5.74, 6) is -1.97. The van der Waals surface area contributed by atoms with Crippen LogP contribution in [0.5, 0.6) is 0 Å². The summed E-state index contributed by atoms with van der Waals surface area (Å²) in [7, 11) is -2.66. The zero-order chi connectivity index (χ0) is 15.3. The molecule has 0 radical (unpaired) electrons. The second-order valence-electron chi connectivity index (χ2n) is 4.51. The van der Waals surface area contributed by atoms with E-state index in [0.717, 1.165) is 13.4 Å². The van der Waals surface area contributed by atoms with Gasteiger partial charge in [-0.15, -0.1) is 0 Å². The maximum absolute atomic E-state index is 11.7. The summed E-state index contributed by atoms with van der Waals surface area (Å²) >= 11 is 0. The summed E-state index contributed by atoms with van der Waals surface area (Å²) in [6.07, 6.45) is 0.779. The van der Waals surface area contributed by atoms with Gasteiger partial charge >= 0.3 is 5.97 Å². The molecule has 9 heteroatoms. The van der Waals surface area contributed by atoms with Crippen LogP contribution >= 0.6 is 0 Å². The second-order valence-corrected chi connectivity index (χ2v) is 6.16. The van der Waals surface area contributed by atoms with E-state index in [1.54, 1.807) is 20.8 Å². The van der Waals surface area contributed by atoms with Crippen molar-refractivity contribution in [2.24, 2.45) is 5.16 Å². The van der Waals surface area contributed by atoms with Crippen LogP contribution in [0, 0.1) is 0 Å². The van der Waals surface area contributed by atoms with Crippen molar-refractivity contribution in [3.8, 4) is 0 Å². The van der Waals surface area contributed by atoms with Gasteiger partial charge in [0.05, 0.1) is 6.26 Å². The minimum absolute atomic E-state index is 0.666. The lowest BCUT2D eigenvalue weighted by Gasteiger charge is -2.19. The SMILES string of the molecule is CO/N=C(/C(=O)COS(C)(=O)=O)C(=O)OC(C)(C)C. The van der Waals surface area contributed by atoms with Crippen molar-refractivity contribution in [2.75, 3.05) is 20.0 Å². The van der Waals surface area contributed by atoms with Crippen molar-refractivity contribution in [2.45, 2.75) is 26.4 Å². The fraction of sp³-hybridized carbons (Fsp3) is 0.700. The van der Waals surface area contributed by atoms with Crippen molar-refractivity contribution in [3.05, 3.63) is 0 Å². The smallest absolute Gasteiger partial charge is 0.364 e. The molecule has 0 aromatic carbocycles. The van der Waals surface area contributed by atoms with E-state index in [0.29, 0.717) is 0 Å². The maximum atomic E-state index is 11.7. The van der Waals surface area contributed by atoms with E-state index in [4.69, 9.17) is 4.74 Å². The minimum atomic E-state index is -3.80. The van der Waals surface area contributed by atoms with E-state index in [9.17, 15) is 18.0 Å². The number of rotatable bonds is 6. The third-order valence-corrected chi connectivity index (χ3v) is 1.99. The predicted molar refractivity (Wildman–Crippen MR) is 66.1 cm³/mol. The molecule has 19 heavy (non-hydrogen) atoms. The van der Waals surface area contributed by atoms with Crippen molar-refractivity contribution in [1.82, 2.24) is 0 Å². The monoisotopic (exact) mass is 295 g/mol. The Bertz CT molecular complexity index is 473. The number of nitrogens with zero attached hydrogens (tertiary/aromatic N) is 1. The lowest BCUT2D eigenvalue weighted by molar-refractivity contribution is -0.146. The molecule has 0 rings (SSSR count). The van der Waals surface area contributed by atoms with Crippen LogP contribution in [0.1, 0.15) is 20.8 Å². The van der Waals surface area contributed by atoms with Gasteiger partial charge in [0, 0.05) is 0 Å². The normalized spacial score (nSPS) is 13.0. The topological polar surface area (TPSA) is 108 Å². The second kappa shape index (κ2) is 6.62. The van der Waals surface area contributed by atoms with Gasteiger partial charge in [-0.25, -0.2) is 4.79 Å². The van der Waals surface area contributed by atoms with Crippen LogP contribution in [0.25, 0.3) is 0 Å². The molecular weight excluding hydrogens is 278 g/mol. The molecule has 0 saturated carbocycles. The molecule has 0 atom stereocenters. The van der Waals surface area contributed by atoms with E-state index in [2.05, 4.69) is 14.2 Å². The molecule has 0 spiro atoms. The molecule has 0 saturated heterocycles. The number of carbonyl (C=O) groups excluding carboxylic acids is 2. The molecule has 0 aliphatic rings. The number of oxime groups is 1. The van der Waals surface area contributed by atoms with Gasteiger partial charge in [-0.2, -0.15) is 8.42 Å². The van der Waals surface area contributed by atoms with Gasteiger partial charge in [-0.3, -0.25) is 8.98 Å². The van der Waals surface area contributed by atoms with E-state index >= 15 is 0 Å². The Morgan fingerprint density at radius 1 is 1.21 bits per heavy atom. The van der Waals surface area contributed by atoms with Crippen LogP contribution < -0.4 is 0 Å². The number of ether oxygens (including phenoxy) is 1. The van der Waals surface area contributed by atoms with Crippen LogP contribution in [-0.2, 0) is 33.5 Å². The molecule has 0 amide bonds. The molecule has 0 unspecified atom stereocenters. The van der Waals surface area contributed by atoms with Gasteiger partial charge in [-0.1, -0.05) is 5.16 Å². The average molecular weight is 295 g/mol. The third kappa shape index (κ3) is 8.27. The molecule has 0 fully saturated rings. The fourth-order valence-electron chi connectivity index (χ4n) is 0.849. The van der Waals surface area contributed by atoms with E-state index in [1.807, 2.05) is 0 Å². The van der Waals surface area contributed by atoms with Crippen LogP contribution in [0.2, 0.25) is 0 Å². The Hall–Kier alpha value is -1.48. The summed E-state index contributed by atoms with van der Waals surface area (Å²) < 4.78 is 30.7. The highest BCUT2D eigenvalue weighted by Gasteiger charge is 2.28.